The highest BCUT2D eigenvalue weighted by Gasteiger charge is 2.37. The van der Waals surface area contributed by atoms with E-state index in [2.05, 4.69) is 36.3 Å². The van der Waals surface area contributed by atoms with Crippen LogP contribution in [0.2, 0.25) is 0 Å². The molecule has 2 fully saturated rings. The van der Waals surface area contributed by atoms with Gasteiger partial charge >= 0.3 is 0 Å². The Morgan fingerprint density at radius 1 is 1.24 bits per heavy atom. The third-order valence-corrected chi connectivity index (χ3v) is 5.48. The van der Waals surface area contributed by atoms with Crippen LogP contribution < -0.4 is 10.6 Å². The Balaban J connectivity index is 1.93. The largest absolute Gasteiger partial charge is 0.352 e. The Kier molecular flexibility index (Phi) is 6.49. The van der Waals surface area contributed by atoms with Crippen LogP contribution in [0.5, 0.6) is 0 Å². The fourth-order valence-electron chi connectivity index (χ4n) is 4.00. The molecule has 21 heavy (non-hydrogen) atoms. The lowest BCUT2D eigenvalue weighted by Crippen LogP contribution is -2.52. The van der Waals surface area contributed by atoms with E-state index in [0.29, 0.717) is 12.1 Å². The molecule has 0 aromatic carbocycles. The molecular formula is C17H33N3O. The van der Waals surface area contributed by atoms with Gasteiger partial charge in [0.1, 0.15) is 0 Å². The molecule has 4 nitrogen and oxygen atoms in total. The van der Waals surface area contributed by atoms with Crippen LogP contribution in [-0.4, -0.2) is 48.6 Å². The number of piperidine rings is 1. The van der Waals surface area contributed by atoms with Crippen molar-refractivity contribution < 1.29 is 4.79 Å². The number of hydrogen-bond acceptors (Lipinski definition) is 3. The van der Waals surface area contributed by atoms with Crippen LogP contribution in [0.15, 0.2) is 0 Å². The van der Waals surface area contributed by atoms with Crippen molar-refractivity contribution in [2.75, 3.05) is 19.6 Å². The van der Waals surface area contributed by atoms with Crippen molar-refractivity contribution in [1.29, 1.82) is 0 Å². The first kappa shape index (κ1) is 16.8. The summed E-state index contributed by atoms with van der Waals surface area (Å²) < 4.78 is 0. The highest BCUT2D eigenvalue weighted by Crippen LogP contribution is 2.31. The van der Waals surface area contributed by atoms with E-state index in [0.717, 1.165) is 38.4 Å². The third-order valence-electron chi connectivity index (χ3n) is 5.48. The Bertz CT molecular complexity index is 324. The third kappa shape index (κ3) is 4.19. The zero-order chi connectivity index (χ0) is 15.2. The summed E-state index contributed by atoms with van der Waals surface area (Å²) in [5, 5.41) is 6.67. The van der Waals surface area contributed by atoms with Gasteiger partial charge in [0.15, 0.2) is 0 Å². The van der Waals surface area contributed by atoms with E-state index in [1.165, 1.54) is 25.7 Å². The van der Waals surface area contributed by atoms with Crippen LogP contribution >= 0.6 is 0 Å². The van der Waals surface area contributed by atoms with Gasteiger partial charge in [-0.2, -0.15) is 0 Å². The highest BCUT2D eigenvalue weighted by atomic mass is 16.2. The van der Waals surface area contributed by atoms with Crippen LogP contribution in [-0.2, 0) is 4.79 Å². The normalized spacial score (nSPS) is 26.2. The molecule has 0 saturated carbocycles. The average molecular weight is 295 g/mol. The van der Waals surface area contributed by atoms with Crippen molar-refractivity contribution in [2.24, 2.45) is 5.92 Å². The molecule has 0 aromatic rings. The zero-order valence-corrected chi connectivity index (χ0v) is 14.0. The summed E-state index contributed by atoms with van der Waals surface area (Å²) in [6.07, 6.45) is 7.09. The van der Waals surface area contributed by atoms with Gasteiger partial charge in [-0.05, 0) is 71.0 Å². The predicted octanol–water partition coefficient (Wildman–Crippen LogP) is 2.14. The monoisotopic (exact) mass is 295 g/mol. The number of nitrogens with one attached hydrogen (secondary N) is 2. The van der Waals surface area contributed by atoms with E-state index >= 15 is 0 Å². The maximum Gasteiger partial charge on any atom is 0.237 e. The summed E-state index contributed by atoms with van der Waals surface area (Å²) in [7, 11) is 0. The zero-order valence-electron chi connectivity index (χ0n) is 14.0. The lowest BCUT2D eigenvalue weighted by Gasteiger charge is -2.37. The molecular weight excluding hydrogens is 262 g/mol. The van der Waals surface area contributed by atoms with Crippen molar-refractivity contribution in [3.05, 3.63) is 0 Å². The van der Waals surface area contributed by atoms with Crippen LogP contribution in [0.1, 0.15) is 59.3 Å². The summed E-state index contributed by atoms with van der Waals surface area (Å²) in [5.74, 6) is 1.00. The molecule has 2 saturated heterocycles. The molecule has 0 spiro atoms. The minimum absolute atomic E-state index is 0.0213. The number of carbonyl (C=O) groups excluding carboxylic acids is 1. The molecule has 2 aliphatic heterocycles. The van der Waals surface area contributed by atoms with Crippen LogP contribution in [0.3, 0.4) is 0 Å². The van der Waals surface area contributed by atoms with Crippen molar-refractivity contribution in [2.45, 2.75) is 77.4 Å². The summed E-state index contributed by atoms with van der Waals surface area (Å²) in [4.78, 5) is 15.0. The molecule has 2 rings (SSSR count). The number of amides is 1. The van der Waals surface area contributed by atoms with Gasteiger partial charge in [-0.3, -0.25) is 9.69 Å². The first-order chi connectivity index (χ1) is 10.2. The average Bonchev–Trinajstić information content (AvgIpc) is 3.01. The summed E-state index contributed by atoms with van der Waals surface area (Å²) in [6, 6.07) is 0.974. The second-order valence-corrected chi connectivity index (χ2v) is 6.73. The molecule has 4 heteroatoms. The molecule has 0 aliphatic carbocycles. The molecule has 2 unspecified atom stereocenters. The standard InChI is InChI=1S/C17H33N3O/c1-4-15(5-2)19-17(21)13(3)20-12-6-7-16(20)14-8-10-18-11-9-14/h13-16,18H,4-12H2,1-3H3,(H,19,21). The fourth-order valence-corrected chi connectivity index (χ4v) is 4.00. The van der Waals surface area contributed by atoms with Gasteiger partial charge in [-0.1, -0.05) is 13.8 Å². The minimum atomic E-state index is 0.0213. The van der Waals surface area contributed by atoms with E-state index in [1.54, 1.807) is 0 Å². The van der Waals surface area contributed by atoms with Crippen LogP contribution in [0, 0.1) is 5.92 Å². The quantitative estimate of drug-likeness (QED) is 0.789. The number of rotatable bonds is 6. The Morgan fingerprint density at radius 3 is 2.52 bits per heavy atom. The van der Waals surface area contributed by atoms with Gasteiger partial charge < -0.3 is 10.6 Å². The van der Waals surface area contributed by atoms with Crippen LogP contribution in [0.4, 0.5) is 0 Å². The molecule has 2 aliphatic rings. The van der Waals surface area contributed by atoms with Gasteiger partial charge in [0.25, 0.3) is 0 Å². The number of likely N-dealkylation sites (tertiary alicyclic amines) is 1. The van der Waals surface area contributed by atoms with E-state index in [1.807, 2.05) is 0 Å². The minimum Gasteiger partial charge on any atom is -0.352 e. The van der Waals surface area contributed by atoms with E-state index < -0.39 is 0 Å². The lowest BCUT2D eigenvalue weighted by atomic mass is 9.88. The van der Waals surface area contributed by atoms with Crippen molar-refractivity contribution in [3.63, 3.8) is 0 Å². The maximum absolute atomic E-state index is 12.5. The Morgan fingerprint density at radius 2 is 1.90 bits per heavy atom. The smallest absolute Gasteiger partial charge is 0.237 e. The molecule has 2 N–H and O–H groups in total. The Hall–Kier alpha value is -0.610. The van der Waals surface area contributed by atoms with Crippen molar-refractivity contribution in [3.8, 4) is 0 Å². The maximum atomic E-state index is 12.5. The summed E-state index contributed by atoms with van der Waals surface area (Å²) in [5.41, 5.74) is 0. The van der Waals surface area contributed by atoms with Crippen molar-refractivity contribution >= 4 is 5.91 Å². The summed E-state index contributed by atoms with van der Waals surface area (Å²) >= 11 is 0. The second kappa shape index (κ2) is 8.14. The molecule has 0 radical (unpaired) electrons. The molecule has 0 bridgehead atoms. The van der Waals surface area contributed by atoms with Gasteiger partial charge in [0, 0.05) is 12.1 Å². The van der Waals surface area contributed by atoms with Crippen molar-refractivity contribution in [1.82, 2.24) is 15.5 Å². The van der Waals surface area contributed by atoms with E-state index in [-0.39, 0.29) is 11.9 Å². The number of hydrogen-bond donors (Lipinski definition) is 2. The van der Waals surface area contributed by atoms with E-state index in [9.17, 15) is 4.79 Å². The van der Waals surface area contributed by atoms with Crippen LogP contribution in [0.25, 0.3) is 0 Å². The van der Waals surface area contributed by atoms with E-state index in [4.69, 9.17) is 0 Å². The number of carbonyl (C=O) groups is 1. The fraction of sp³-hybridized carbons (Fsp3) is 0.941. The van der Waals surface area contributed by atoms with Gasteiger partial charge in [0.05, 0.1) is 6.04 Å². The molecule has 2 atom stereocenters. The molecule has 1 amide bonds. The lowest BCUT2D eigenvalue weighted by molar-refractivity contribution is -0.127. The first-order valence-corrected chi connectivity index (χ1v) is 8.94. The Labute approximate surface area is 130 Å². The topological polar surface area (TPSA) is 44.4 Å². The SMILES string of the molecule is CCC(CC)NC(=O)C(C)N1CCCC1C1CCNCC1. The molecule has 0 aromatic heterocycles. The second-order valence-electron chi connectivity index (χ2n) is 6.73. The molecule has 2 heterocycles. The van der Waals surface area contributed by atoms with Gasteiger partial charge in [0.2, 0.25) is 5.91 Å². The predicted molar refractivity (Wildman–Crippen MR) is 87.3 cm³/mol. The molecule has 122 valence electrons. The summed E-state index contributed by atoms with van der Waals surface area (Å²) in [6.45, 7) is 9.76. The highest BCUT2D eigenvalue weighted by molar-refractivity contribution is 5.81. The van der Waals surface area contributed by atoms with Gasteiger partial charge in [-0.15, -0.1) is 0 Å². The first-order valence-electron chi connectivity index (χ1n) is 8.94. The number of nitrogens with zero attached hydrogens (tertiary/aromatic N) is 1. The van der Waals surface area contributed by atoms with Gasteiger partial charge in [-0.25, -0.2) is 0 Å².